The Hall–Kier alpha value is -6.68. The van der Waals surface area contributed by atoms with Crippen LogP contribution in [0, 0.1) is 5.92 Å². The van der Waals surface area contributed by atoms with Crippen molar-refractivity contribution in [3.8, 4) is 0 Å². The number of benzene rings is 3. The average molecular weight is 836 g/mol. The molecule has 62 heavy (non-hydrogen) atoms. The first kappa shape index (κ1) is 39.5. The molecule has 318 valence electrons. The van der Waals surface area contributed by atoms with Gasteiger partial charge in [0, 0.05) is 81.4 Å². The van der Waals surface area contributed by atoms with E-state index in [9.17, 15) is 24.0 Å². The monoisotopic (exact) mass is 835 g/mol. The van der Waals surface area contributed by atoms with Gasteiger partial charge in [-0.1, -0.05) is 30.3 Å². The first-order chi connectivity index (χ1) is 30.2. The molecule has 1 saturated carbocycles. The number of nitrogens with one attached hydrogen (secondary N) is 3. The number of rotatable bonds is 11. The van der Waals surface area contributed by atoms with Crippen LogP contribution in [0.2, 0.25) is 0 Å². The lowest BCUT2D eigenvalue weighted by molar-refractivity contribution is -0.136. The van der Waals surface area contributed by atoms with Crippen LogP contribution in [0.25, 0.3) is 11.2 Å². The maximum Gasteiger partial charge on any atom is 0.262 e. The molecule has 0 bridgehead atoms. The van der Waals surface area contributed by atoms with Gasteiger partial charge in [-0.2, -0.15) is 0 Å². The highest BCUT2D eigenvalue weighted by Crippen LogP contribution is 2.36. The van der Waals surface area contributed by atoms with Crippen molar-refractivity contribution in [2.75, 3.05) is 60.9 Å². The Morgan fingerprint density at radius 3 is 2.24 bits per heavy atom. The minimum atomic E-state index is -0.968. The molecule has 0 radical (unpaired) electrons. The Morgan fingerprint density at radius 1 is 0.758 bits per heavy atom. The van der Waals surface area contributed by atoms with Crippen LogP contribution >= 0.6 is 0 Å². The molecular formula is C46H49N11O5. The van der Waals surface area contributed by atoms with Crippen molar-refractivity contribution in [1.82, 2.24) is 40.0 Å². The van der Waals surface area contributed by atoms with Crippen LogP contribution in [0.1, 0.15) is 70.8 Å². The highest BCUT2D eigenvalue weighted by Gasteiger charge is 2.45. The van der Waals surface area contributed by atoms with Gasteiger partial charge in [0.2, 0.25) is 17.7 Å². The van der Waals surface area contributed by atoms with Crippen LogP contribution in [0.4, 0.5) is 22.9 Å². The van der Waals surface area contributed by atoms with Crippen LogP contribution in [0.5, 0.6) is 0 Å². The first-order valence-corrected chi connectivity index (χ1v) is 21.7. The van der Waals surface area contributed by atoms with Crippen LogP contribution in [0.15, 0.2) is 85.5 Å². The van der Waals surface area contributed by atoms with Gasteiger partial charge in [0.1, 0.15) is 12.4 Å². The molecule has 1 unspecified atom stereocenters. The molecule has 16 heteroatoms. The predicted molar refractivity (Wildman–Crippen MR) is 232 cm³/mol. The molecule has 5 aliphatic rings. The Morgan fingerprint density at radius 2 is 1.48 bits per heavy atom. The fourth-order valence-corrected chi connectivity index (χ4v) is 9.68. The fourth-order valence-electron chi connectivity index (χ4n) is 9.68. The SMILES string of the molecule is O=C1CCC(N2C(=O)c3ccc(N4CCN(CC5CCN(c6ccc(Nc7ncnc8c7ncn8C7CC(NC(=O)Cc8ccccc8)C7)cc6)CC5)CC4)cc3C2=O)C(=O)N1. The molecule has 4 aliphatic heterocycles. The van der Waals surface area contributed by atoms with Crippen LogP contribution < -0.4 is 25.8 Å². The van der Waals surface area contributed by atoms with Gasteiger partial charge in [0.05, 0.1) is 23.9 Å². The second kappa shape index (κ2) is 16.6. The third kappa shape index (κ3) is 7.85. The summed E-state index contributed by atoms with van der Waals surface area (Å²) in [6, 6.07) is 23.0. The Bertz CT molecular complexity index is 2520. The highest BCUT2D eigenvalue weighted by atomic mass is 16.2. The summed E-state index contributed by atoms with van der Waals surface area (Å²) in [6.45, 7) is 6.51. The zero-order valence-corrected chi connectivity index (χ0v) is 34.4. The van der Waals surface area contributed by atoms with Crippen LogP contribution in [-0.4, -0.2) is 117 Å². The molecule has 5 amide bonds. The Balaban J connectivity index is 0.675. The van der Waals surface area contributed by atoms with Crippen molar-refractivity contribution >= 4 is 63.6 Å². The number of amides is 5. The lowest BCUT2D eigenvalue weighted by Gasteiger charge is -2.40. The number of hydrogen-bond donors (Lipinski definition) is 3. The van der Waals surface area contributed by atoms with E-state index in [1.54, 1.807) is 18.5 Å². The van der Waals surface area contributed by atoms with Gasteiger partial charge in [0.15, 0.2) is 17.0 Å². The number of piperazine rings is 1. The summed E-state index contributed by atoms with van der Waals surface area (Å²) in [5.41, 5.74) is 6.14. The first-order valence-electron chi connectivity index (χ1n) is 21.7. The fraction of sp³-hybridized carbons (Fsp3) is 0.391. The zero-order valence-electron chi connectivity index (χ0n) is 34.4. The third-order valence-electron chi connectivity index (χ3n) is 13.2. The number of hydrogen-bond acceptors (Lipinski definition) is 12. The maximum atomic E-state index is 13.4. The summed E-state index contributed by atoms with van der Waals surface area (Å²) in [4.78, 5) is 85.2. The van der Waals surface area contributed by atoms with Crippen LogP contribution in [-0.2, 0) is 20.8 Å². The van der Waals surface area contributed by atoms with Gasteiger partial charge in [0.25, 0.3) is 11.8 Å². The van der Waals surface area contributed by atoms with Crippen molar-refractivity contribution in [3.63, 3.8) is 0 Å². The number of nitrogens with zero attached hydrogens (tertiary/aromatic N) is 8. The topological polar surface area (TPSA) is 178 Å². The average Bonchev–Trinajstić information content (AvgIpc) is 3.81. The van der Waals surface area contributed by atoms with Gasteiger partial charge in [-0.15, -0.1) is 0 Å². The quantitative estimate of drug-likeness (QED) is 0.163. The molecule has 3 N–H and O–H groups in total. The number of imide groups is 2. The van der Waals surface area contributed by atoms with E-state index >= 15 is 0 Å². The summed E-state index contributed by atoms with van der Waals surface area (Å²) in [7, 11) is 0. The van der Waals surface area contributed by atoms with E-state index in [0.29, 0.717) is 34.8 Å². The summed E-state index contributed by atoms with van der Waals surface area (Å²) in [6.07, 6.45) is 7.93. The summed E-state index contributed by atoms with van der Waals surface area (Å²) in [5.74, 6) is -0.628. The molecule has 6 heterocycles. The van der Waals surface area contributed by atoms with Gasteiger partial charge in [-0.25, -0.2) is 15.0 Å². The molecule has 16 nitrogen and oxygen atoms in total. The number of aromatic nitrogens is 4. The number of piperidine rings is 2. The molecule has 2 aromatic heterocycles. The number of carbonyl (C=O) groups is 5. The zero-order chi connectivity index (χ0) is 42.3. The molecule has 1 aliphatic carbocycles. The summed E-state index contributed by atoms with van der Waals surface area (Å²) >= 11 is 0. The van der Waals surface area contributed by atoms with Crippen molar-refractivity contribution < 1.29 is 24.0 Å². The van der Waals surface area contributed by atoms with Gasteiger partial charge in [-0.3, -0.25) is 39.1 Å². The van der Waals surface area contributed by atoms with Crippen molar-refractivity contribution in [1.29, 1.82) is 0 Å². The van der Waals surface area contributed by atoms with Gasteiger partial charge >= 0.3 is 0 Å². The second-order valence-electron chi connectivity index (χ2n) is 17.2. The lowest BCUT2D eigenvalue weighted by Crippen LogP contribution is -2.54. The van der Waals surface area contributed by atoms with E-state index in [4.69, 9.17) is 0 Å². The molecule has 0 spiro atoms. The van der Waals surface area contributed by atoms with Crippen molar-refractivity contribution in [2.24, 2.45) is 5.92 Å². The largest absolute Gasteiger partial charge is 0.372 e. The summed E-state index contributed by atoms with van der Waals surface area (Å²) < 4.78 is 2.10. The van der Waals surface area contributed by atoms with E-state index in [0.717, 1.165) is 99.0 Å². The van der Waals surface area contributed by atoms with Gasteiger partial charge in [-0.05, 0) is 86.1 Å². The smallest absolute Gasteiger partial charge is 0.262 e. The van der Waals surface area contributed by atoms with E-state index in [1.807, 2.05) is 42.7 Å². The van der Waals surface area contributed by atoms with E-state index in [1.165, 1.54) is 5.69 Å². The predicted octanol–water partition coefficient (Wildman–Crippen LogP) is 4.07. The third-order valence-corrected chi connectivity index (χ3v) is 13.2. The van der Waals surface area contributed by atoms with E-state index < -0.39 is 23.8 Å². The van der Waals surface area contributed by atoms with Gasteiger partial charge < -0.3 is 25.0 Å². The maximum absolute atomic E-state index is 13.4. The number of carbonyl (C=O) groups excluding carboxylic acids is 5. The van der Waals surface area contributed by atoms with E-state index in [2.05, 4.69) is 74.4 Å². The molecule has 3 saturated heterocycles. The molecule has 5 aromatic rings. The highest BCUT2D eigenvalue weighted by molar-refractivity contribution is 6.23. The number of anilines is 4. The molecule has 4 fully saturated rings. The Kier molecular flexibility index (Phi) is 10.6. The second-order valence-corrected chi connectivity index (χ2v) is 17.2. The van der Waals surface area contributed by atoms with Crippen molar-refractivity contribution in [3.05, 3.63) is 102 Å². The molecule has 10 rings (SSSR count). The number of imidazole rings is 1. The standard InChI is InChI=1S/C46H49N11O5/c58-39-13-12-38(44(60)52-39)57-45(61)36-11-10-34(25-37(36)46(57)62)55-20-18-53(19-21-55)26-30-14-16-54(17-15-30)33-8-6-31(7-9-33)51-42-41-43(48-27-47-42)56(28-49-41)35-23-32(24-35)50-40(59)22-29-4-2-1-3-5-29/h1-11,25,27-28,30,32,35,38H,12-24,26H2,(H,50,59)(H,47,48,51)(H,52,58,60). The molecular weight excluding hydrogens is 787 g/mol. The molecule has 3 aromatic carbocycles. The number of fused-ring (bicyclic) bond motifs is 2. The lowest BCUT2D eigenvalue weighted by atomic mass is 9.86. The minimum Gasteiger partial charge on any atom is -0.372 e. The normalized spacial score (nSPS) is 22.1. The van der Waals surface area contributed by atoms with E-state index in [-0.39, 0.29) is 36.7 Å². The molecule has 1 atom stereocenters. The minimum absolute atomic E-state index is 0.0449. The Labute approximate surface area is 358 Å². The van der Waals surface area contributed by atoms with Crippen LogP contribution in [0.3, 0.4) is 0 Å². The summed E-state index contributed by atoms with van der Waals surface area (Å²) in [5, 5.41) is 8.87. The van der Waals surface area contributed by atoms with Crippen molar-refractivity contribution in [2.45, 2.75) is 63.1 Å².